The number of aromatic amines is 1. The number of hydrogen-bond acceptors (Lipinski definition) is 6. The van der Waals surface area contributed by atoms with Crippen LogP contribution in [0.25, 0.3) is 11.0 Å². The lowest BCUT2D eigenvalue weighted by Gasteiger charge is -2.54. The molecule has 2 aromatic carbocycles. The molecule has 0 aliphatic carbocycles. The van der Waals surface area contributed by atoms with Crippen LogP contribution in [0.2, 0.25) is 0 Å². The van der Waals surface area contributed by atoms with Crippen molar-refractivity contribution in [3.8, 4) is 0 Å². The van der Waals surface area contributed by atoms with E-state index < -0.39 is 5.92 Å². The molecule has 0 spiro atoms. The van der Waals surface area contributed by atoms with Gasteiger partial charge in [-0.2, -0.15) is 0 Å². The molecular formula is C31H32N6O4. The Kier molecular flexibility index (Phi) is 5.95. The molecule has 3 aliphatic rings. The molecule has 210 valence electrons. The number of para-hydroxylation sites is 2. The van der Waals surface area contributed by atoms with Crippen LogP contribution in [0, 0.1) is 27.9 Å². The second-order valence-corrected chi connectivity index (χ2v) is 12.0. The molecule has 1 fully saturated rings. The van der Waals surface area contributed by atoms with Crippen LogP contribution in [0.3, 0.4) is 0 Å². The van der Waals surface area contributed by atoms with Gasteiger partial charge in [-0.25, -0.2) is 4.98 Å². The van der Waals surface area contributed by atoms with Gasteiger partial charge in [0.05, 0.1) is 27.9 Å². The average molecular weight is 553 g/mol. The van der Waals surface area contributed by atoms with E-state index in [1.54, 1.807) is 18.2 Å². The highest BCUT2D eigenvalue weighted by Crippen LogP contribution is 2.48. The third-order valence-corrected chi connectivity index (χ3v) is 9.20. The minimum Gasteiger partial charge on any atom is -0.366 e. The molecule has 1 saturated heterocycles. The van der Waals surface area contributed by atoms with Crippen molar-refractivity contribution in [1.29, 1.82) is 0 Å². The predicted molar refractivity (Wildman–Crippen MR) is 155 cm³/mol. The van der Waals surface area contributed by atoms with Crippen molar-refractivity contribution >= 4 is 28.3 Å². The van der Waals surface area contributed by atoms with Crippen molar-refractivity contribution in [2.45, 2.75) is 51.2 Å². The first-order chi connectivity index (χ1) is 19.8. The lowest BCUT2D eigenvalue weighted by Crippen LogP contribution is -2.61. The average Bonchev–Trinajstić information content (AvgIpc) is 3.39. The van der Waals surface area contributed by atoms with Crippen LogP contribution in [0.15, 0.2) is 65.5 Å². The highest BCUT2D eigenvalue weighted by molar-refractivity contribution is 5.83. The third kappa shape index (κ3) is 4.20. The van der Waals surface area contributed by atoms with E-state index in [4.69, 9.17) is 4.98 Å². The van der Waals surface area contributed by atoms with E-state index in [-0.39, 0.29) is 51.9 Å². The number of nitrogens with one attached hydrogen (secondary N) is 2. The smallest absolute Gasteiger partial charge is 0.269 e. The highest BCUT2D eigenvalue weighted by Gasteiger charge is 2.49. The summed E-state index contributed by atoms with van der Waals surface area (Å²) < 4.78 is 1.88. The summed E-state index contributed by atoms with van der Waals surface area (Å²) in [5.41, 5.74) is 4.55. The molecule has 41 heavy (non-hydrogen) atoms. The van der Waals surface area contributed by atoms with Crippen molar-refractivity contribution in [2.24, 2.45) is 17.8 Å². The van der Waals surface area contributed by atoms with Crippen LogP contribution in [0.4, 0.5) is 11.4 Å². The standard InChI is InChI=1S/C31H32N6O4/c1-17(2)28(30-32-23-6-3-4-7-24(23)33-30)34-31(39)22-14-18-13-21(37(40)41)10-11-26(18)36-15-19-12-20(29(22)36)16-35-25(19)8-5-9-27(35)38/h3-11,13,17,19-20,22,28-29H,12,14-16H2,1-2H3,(H,32,33)(H,34,39)/t19-,20-,22+,28-,29-/m0/s1. The number of fused-ring (bicyclic) bond motifs is 9. The summed E-state index contributed by atoms with van der Waals surface area (Å²) in [5, 5.41) is 14.9. The third-order valence-electron chi connectivity index (χ3n) is 9.20. The molecule has 4 aromatic rings. The number of nitro groups is 1. The van der Waals surface area contributed by atoms with Crippen LogP contribution in [0.1, 0.15) is 49.3 Å². The first-order valence-corrected chi connectivity index (χ1v) is 14.3. The second kappa shape index (κ2) is 9.57. The SMILES string of the molecule is CC(C)[C@H](NC(=O)[C@@H]1Cc2cc([N+](=O)[O-])ccc2N2C[C@@H]3C[C@@H](Cn4c3cccc4=O)[C@@H]12)c1nc2ccccc2[nH]1. The zero-order valence-electron chi connectivity index (χ0n) is 23.0. The number of H-pyrrole nitrogens is 1. The maximum Gasteiger partial charge on any atom is 0.269 e. The van der Waals surface area contributed by atoms with Crippen LogP contribution in [-0.4, -0.2) is 38.0 Å². The summed E-state index contributed by atoms with van der Waals surface area (Å²) in [7, 11) is 0. The molecule has 2 aromatic heterocycles. The quantitative estimate of drug-likeness (QED) is 0.281. The van der Waals surface area contributed by atoms with Crippen molar-refractivity contribution < 1.29 is 9.72 Å². The van der Waals surface area contributed by atoms with Gasteiger partial charge in [0.25, 0.3) is 11.2 Å². The summed E-state index contributed by atoms with van der Waals surface area (Å²) >= 11 is 0. The van der Waals surface area contributed by atoms with Crippen molar-refractivity contribution in [2.75, 3.05) is 11.4 Å². The number of pyridine rings is 1. The molecule has 3 aliphatic heterocycles. The summed E-state index contributed by atoms with van der Waals surface area (Å²) in [6, 6.07) is 17.8. The van der Waals surface area contributed by atoms with Gasteiger partial charge in [-0.1, -0.05) is 32.0 Å². The molecule has 10 heteroatoms. The molecule has 10 nitrogen and oxygen atoms in total. The Morgan fingerprint density at radius 3 is 2.73 bits per heavy atom. The number of piperidine rings is 1. The maximum absolute atomic E-state index is 14.3. The number of rotatable bonds is 5. The van der Waals surface area contributed by atoms with Gasteiger partial charge < -0.3 is 19.8 Å². The van der Waals surface area contributed by atoms with Gasteiger partial charge in [-0.3, -0.25) is 19.7 Å². The number of anilines is 1. The number of carbonyl (C=O) groups excluding carboxylic acids is 1. The highest BCUT2D eigenvalue weighted by atomic mass is 16.6. The molecule has 2 bridgehead atoms. The number of non-ortho nitro benzene ring substituents is 1. The number of nitrogens with zero attached hydrogens (tertiary/aromatic N) is 4. The zero-order chi connectivity index (χ0) is 28.4. The molecule has 7 rings (SSSR count). The fourth-order valence-corrected chi connectivity index (χ4v) is 7.38. The zero-order valence-corrected chi connectivity index (χ0v) is 23.0. The maximum atomic E-state index is 14.3. The minimum absolute atomic E-state index is 0.0109. The normalized spacial score (nSPS) is 23.4. The molecule has 2 N–H and O–H groups in total. The van der Waals surface area contributed by atoms with E-state index in [9.17, 15) is 19.7 Å². The van der Waals surface area contributed by atoms with Gasteiger partial charge in [-0.05, 0) is 54.5 Å². The Morgan fingerprint density at radius 2 is 1.95 bits per heavy atom. The molecule has 1 amide bonds. The van der Waals surface area contributed by atoms with Crippen molar-refractivity contribution in [3.05, 3.63) is 98.2 Å². The predicted octanol–water partition coefficient (Wildman–Crippen LogP) is 4.31. The Labute approximate surface area is 236 Å². The van der Waals surface area contributed by atoms with Crippen LogP contribution in [-0.2, 0) is 17.8 Å². The number of carbonyl (C=O) groups is 1. The number of aromatic nitrogens is 3. The molecule has 5 atom stereocenters. The Morgan fingerprint density at radius 1 is 1.12 bits per heavy atom. The lowest BCUT2D eigenvalue weighted by atomic mass is 9.70. The van der Waals surface area contributed by atoms with Gasteiger partial charge in [-0.15, -0.1) is 0 Å². The molecular weight excluding hydrogens is 520 g/mol. The number of amides is 1. The van der Waals surface area contributed by atoms with Gasteiger partial charge in [0.1, 0.15) is 5.82 Å². The topological polar surface area (TPSA) is 126 Å². The molecule has 5 heterocycles. The van der Waals surface area contributed by atoms with E-state index in [0.29, 0.717) is 25.3 Å². The first-order valence-electron chi connectivity index (χ1n) is 14.3. The fourth-order valence-electron chi connectivity index (χ4n) is 7.38. The van der Waals surface area contributed by atoms with Gasteiger partial charge in [0.15, 0.2) is 0 Å². The van der Waals surface area contributed by atoms with E-state index in [2.05, 4.69) is 29.0 Å². The minimum atomic E-state index is -0.443. The van der Waals surface area contributed by atoms with Gasteiger partial charge >= 0.3 is 0 Å². The van der Waals surface area contributed by atoms with E-state index >= 15 is 0 Å². The second-order valence-electron chi connectivity index (χ2n) is 12.0. The largest absolute Gasteiger partial charge is 0.366 e. The van der Waals surface area contributed by atoms with Crippen molar-refractivity contribution in [1.82, 2.24) is 19.9 Å². The number of nitro benzene ring substituents is 1. The number of benzene rings is 2. The number of imidazole rings is 1. The fraction of sp³-hybridized carbons (Fsp3) is 0.387. The summed E-state index contributed by atoms with van der Waals surface area (Å²) in [6.07, 6.45) is 1.29. The Balaban J connectivity index is 1.28. The van der Waals surface area contributed by atoms with E-state index in [1.165, 1.54) is 0 Å². The van der Waals surface area contributed by atoms with E-state index in [1.807, 2.05) is 47.0 Å². The first kappa shape index (κ1) is 25.5. The summed E-state index contributed by atoms with van der Waals surface area (Å²) in [6.45, 7) is 5.31. The van der Waals surface area contributed by atoms with Gasteiger partial charge in [0, 0.05) is 54.6 Å². The Bertz CT molecular complexity index is 1710. The number of hydrogen-bond donors (Lipinski definition) is 2. The van der Waals surface area contributed by atoms with Crippen molar-refractivity contribution in [3.63, 3.8) is 0 Å². The monoisotopic (exact) mass is 552 g/mol. The lowest BCUT2D eigenvalue weighted by molar-refractivity contribution is -0.384. The van der Waals surface area contributed by atoms with Crippen LogP contribution < -0.4 is 15.8 Å². The molecule has 0 saturated carbocycles. The Hall–Kier alpha value is -4.47. The summed E-state index contributed by atoms with van der Waals surface area (Å²) in [4.78, 5) is 48.8. The van der Waals surface area contributed by atoms with Crippen LogP contribution >= 0.6 is 0 Å². The summed E-state index contributed by atoms with van der Waals surface area (Å²) in [5.74, 6) is 0.471. The molecule has 0 radical (unpaired) electrons. The molecule has 0 unspecified atom stereocenters. The van der Waals surface area contributed by atoms with Gasteiger partial charge in [0.2, 0.25) is 5.91 Å². The van der Waals surface area contributed by atoms with E-state index in [0.717, 1.165) is 34.4 Å². The van der Waals surface area contributed by atoms with Crippen LogP contribution in [0.5, 0.6) is 0 Å².